The van der Waals surface area contributed by atoms with Crippen LogP contribution in [0.2, 0.25) is 6.04 Å². The minimum absolute atomic E-state index is 0.817. The Bertz CT molecular complexity index is 687. The van der Waals surface area contributed by atoms with E-state index in [9.17, 15) is 9.59 Å². The molecule has 8 heteroatoms. The van der Waals surface area contributed by atoms with E-state index in [-0.39, 0.29) is 0 Å². The Morgan fingerprint density at radius 1 is 0.923 bits per heavy atom. The zero-order valence-electron chi connectivity index (χ0n) is 14.7. The van der Waals surface area contributed by atoms with E-state index in [0.717, 1.165) is 29.3 Å². The third-order valence-corrected chi connectivity index (χ3v) is 7.27. The zero-order chi connectivity index (χ0) is 18.6. The van der Waals surface area contributed by atoms with Crippen LogP contribution < -0.4 is 10.4 Å². The van der Waals surface area contributed by atoms with Crippen molar-refractivity contribution in [3.8, 4) is 0 Å². The van der Waals surface area contributed by atoms with Crippen LogP contribution in [0.1, 0.15) is 19.8 Å². The molecule has 0 atom stereocenters. The Morgan fingerprint density at radius 3 is 2.00 bits per heavy atom. The highest BCUT2D eigenvalue weighted by molar-refractivity contribution is 6.81. The quantitative estimate of drug-likeness (QED) is 0.416. The molecular formula is C18H22N2O4Si2. The summed E-state index contributed by atoms with van der Waals surface area (Å²) in [4.78, 5) is 23.5. The van der Waals surface area contributed by atoms with Crippen LogP contribution in [0.25, 0.3) is 0 Å². The van der Waals surface area contributed by atoms with Gasteiger partial charge in [-0.1, -0.05) is 90.7 Å². The number of amides is 2. The predicted octanol–water partition coefficient (Wildman–Crippen LogP) is 2.55. The largest absolute Gasteiger partial charge is 0.507 e. The average molecular weight is 387 g/mol. The van der Waals surface area contributed by atoms with E-state index in [2.05, 4.69) is 17.2 Å². The number of carbonyl (C=O) groups is 2. The topological polar surface area (TPSA) is 77.3 Å². The van der Waals surface area contributed by atoms with Gasteiger partial charge in [-0.25, -0.2) is 9.59 Å². The van der Waals surface area contributed by atoms with E-state index in [1.165, 1.54) is 0 Å². The molecule has 0 radical (unpaired) electrons. The maximum Gasteiger partial charge on any atom is 0.439 e. The second kappa shape index (κ2) is 11.1. The molecule has 0 aliphatic heterocycles. The van der Waals surface area contributed by atoms with Crippen molar-refractivity contribution in [2.75, 3.05) is 0 Å². The van der Waals surface area contributed by atoms with Gasteiger partial charge in [0.2, 0.25) is 9.76 Å². The molecule has 6 nitrogen and oxygen atoms in total. The first kappa shape index (κ1) is 19.7. The van der Waals surface area contributed by atoms with Crippen molar-refractivity contribution >= 4 is 41.4 Å². The zero-order valence-corrected chi connectivity index (χ0v) is 17.3. The van der Waals surface area contributed by atoms with Crippen LogP contribution in [0.15, 0.2) is 70.9 Å². The molecule has 0 heterocycles. The molecular weight excluding hydrogens is 364 g/mol. The molecule has 0 saturated carbocycles. The van der Waals surface area contributed by atoms with E-state index in [1.807, 2.05) is 60.7 Å². The smallest absolute Gasteiger partial charge is 0.439 e. The van der Waals surface area contributed by atoms with Gasteiger partial charge in [-0.3, -0.25) is 0 Å². The van der Waals surface area contributed by atoms with Gasteiger partial charge in [-0.2, -0.15) is 0 Å². The van der Waals surface area contributed by atoms with Gasteiger partial charge < -0.3 is 8.85 Å². The van der Waals surface area contributed by atoms with Crippen molar-refractivity contribution in [3.63, 3.8) is 0 Å². The molecule has 0 fully saturated rings. The van der Waals surface area contributed by atoms with E-state index in [0.29, 0.717) is 0 Å². The molecule has 26 heavy (non-hydrogen) atoms. The van der Waals surface area contributed by atoms with Crippen molar-refractivity contribution in [1.29, 1.82) is 0 Å². The van der Waals surface area contributed by atoms with Gasteiger partial charge in [0.25, 0.3) is 0 Å². The summed E-state index contributed by atoms with van der Waals surface area (Å²) < 4.78 is 10.6. The Labute approximate surface area is 156 Å². The van der Waals surface area contributed by atoms with Gasteiger partial charge in [-0.15, -0.1) is 0 Å². The maximum atomic E-state index is 12.0. The standard InChI is InChI=1S/C18H22N2O4Si2/c1-2-3-14-25-23-17(21)19-20-18(22)24-26(15-10-6-4-7-11-15)16-12-8-5-9-13-16/h4-13,26H,2-3,14,25H2,1H3. The predicted molar refractivity (Wildman–Crippen MR) is 105 cm³/mol. The molecule has 0 aliphatic rings. The first-order valence-corrected chi connectivity index (χ1v) is 11.8. The average Bonchev–Trinajstić information content (AvgIpc) is 2.69. The number of benzene rings is 2. The van der Waals surface area contributed by atoms with Gasteiger partial charge in [-0.05, 0) is 16.4 Å². The molecule has 2 aromatic rings. The maximum absolute atomic E-state index is 12.0. The summed E-state index contributed by atoms with van der Waals surface area (Å²) in [5.41, 5.74) is 0. The lowest BCUT2D eigenvalue weighted by Crippen LogP contribution is -2.45. The number of hydrogen-bond acceptors (Lipinski definition) is 4. The minimum atomic E-state index is -2.25. The first-order chi connectivity index (χ1) is 12.7. The van der Waals surface area contributed by atoms with E-state index >= 15 is 0 Å². The van der Waals surface area contributed by atoms with Crippen LogP contribution in [-0.2, 0) is 8.85 Å². The second-order valence-electron chi connectivity index (χ2n) is 5.61. The molecule has 0 aromatic heterocycles. The van der Waals surface area contributed by atoms with Crippen LogP contribution >= 0.6 is 0 Å². The SMILES string of the molecule is CCCC[SiH2]OC(=O)N=NC(=O)O[SiH](c1ccccc1)c1ccccc1. The number of rotatable bonds is 7. The van der Waals surface area contributed by atoms with Crippen LogP contribution in [0, 0.1) is 0 Å². The molecule has 136 valence electrons. The third-order valence-electron chi connectivity index (χ3n) is 3.61. The molecule has 2 rings (SSSR count). The monoisotopic (exact) mass is 386 g/mol. The van der Waals surface area contributed by atoms with Crippen molar-refractivity contribution in [3.05, 3.63) is 60.7 Å². The summed E-state index contributed by atoms with van der Waals surface area (Å²) in [5.74, 6) is 0. The Morgan fingerprint density at radius 2 is 1.46 bits per heavy atom. The van der Waals surface area contributed by atoms with Crippen molar-refractivity contribution in [1.82, 2.24) is 0 Å². The molecule has 0 spiro atoms. The van der Waals surface area contributed by atoms with Gasteiger partial charge in [0, 0.05) is 0 Å². The third kappa shape index (κ3) is 6.73. The van der Waals surface area contributed by atoms with Crippen LogP contribution in [0.3, 0.4) is 0 Å². The lowest BCUT2D eigenvalue weighted by Gasteiger charge is -2.15. The van der Waals surface area contributed by atoms with Gasteiger partial charge in [0.15, 0.2) is 0 Å². The number of nitrogens with zero attached hydrogens (tertiary/aromatic N) is 2. The van der Waals surface area contributed by atoms with Gasteiger partial charge >= 0.3 is 21.2 Å². The summed E-state index contributed by atoms with van der Waals surface area (Å²) >= 11 is 0. The first-order valence-electron chi connectivity index (χ1n) is 8.59. The molecule has 2 amide bonds. The summed E-state index contributed by atoms with van der Waals surface area (Å²) in [6.07, 6.45) is 0.396. The van der Waals surface area contributed by atoms with Crippen molar-refractivity contribution in [2.45, 2.75) is 25.8 Å². The normalized spacial score (nSPS) is 11.3. The van der Waals surface area contributed by atoms with E-state index < -0.39 is 31.0 Å². The van der Waals surface area contributed by atoms with E-state index in [4.69, 9.17) is 8.85 Å². The number of hydrogen-bond donors (Lipinski definition) is 0. The highest BCUT2D eigenvalue weighted by Gasteiger charge is 2.22. The second-order valence-corrected chi connectivity index (χ2v) is 9.34. The highest BCUT2D eigenvalue weighted by atomic mass is 28.3. The summed E-state index contributed by atoms with van der Waals surface area (Å²) in [6, 6.07) is 20.0. The molecule has 2 aromatic carbocycles. The van der Waals surface area contributed by atoms with E-state index in [1.54, 1.807) is 0 Å². The Balaban J connectivity index is 1.99. The number of azo groups is 1. The van der Waals surface area contributed by atoms with Gasteiger partial charge in [0.05, 0.1) is 0 Å². The fourth-order valence-corrected chi connectivity index (χ4v) is 5.46. The van der Waals surface area contributed by atoms with Crippen molar-refractivity contribution in [2.24, 2.45) is 10.2 Å². The lowest BCUT2D eigenvalue weighted by molar-refractivity contribution is 0.202. The number of unbranched alkanes of at least 4 members (excludes halogenated alkanes) is 1. The lowest BCUT2D eigenvalue weighted by atomic mass is 10.4. The van der Waals surface area contributed by atoms with Gasteiger partial charge in [0.1, 0.15) is 0 Å². The molecule has 0 saturated heterocycles. The summed E-state index contributed by atoms with van der Waals surface area (Å²) in [7, 11) is -3.19. The van der Waals surface area contributed by atoms with Crippen molar-refractivity contribution < 1.29 is 18.4 Å². The fraction of sp³-hybridized carbons (Fsp3) is 0.222. The van der Waals surface area contributed by atoms with Crippen LogP contribution in [-0.4, -0.2) is 31.0 Å². The Kier molecular flexibility index (Phi) is 8.43. The Hall–Kier alpha value is -2.59. The van der Waals surface area contributed by atoms with Crippen LogP contribution in [0.5, 0.6) is 0 Å². The van der Waals surface area contributed by atoms with Crippen LogP contribution in [0.4, 0.5) is 9.59 Å². The molecule has 0 bridgehead atoms. The molecule has 0 unspecified atom stereocenters. The molecule has 0 N–H and O–H groups in total. The number of carbonyl (C=O) groups excluding carboxylic acids is 2. The molecule has 0 aliphatic carbocycles. The minimum Gasteiger partial charge on any atom is -0.507 e. The summed E-state index contributed by atoms with van der Waals surface area (Å²) in [6.45, 7) is 2.08. The summed E-state index contributed by atoms with van der Waals surface area (Å²) in [5, 5.41) is 8.55. The fourth-order valence-electron chi connectivity index (χ4n) is 2.33. The highest BCUT2D eigenvalue weighted by Crippen LogP contribution is 1.99.